The molecular weight excluding hydrogens is 412 g/mol. The van der Waals surface area contributed by atoms with Crippen LogP contribution in [0.5, 0.6) is 5.75 Å². The molecule has 0 saturated heterocycles. The predicted molar refractivity (Wildman–Crippen MR) is 110 cm³/mol. The van der Waals surface area contributed by atoms with Crippen LogP contribution < -0.4 is 14.2 Å². The monoisotopic (exact) mass is 429 g/mol. The Morgan fingerprint density at radius 2 is 1.76 bits per heavy atom. The molecule has 1 unspecified atom stereocenters. The zero-order valence-corrected chi connectivity index (χ0v) is 16.8. The van der Waals surface area contributed by atoms with Crippen molar-refractivity contribution >= 4 is 32.7 Å². The van der Waals surface area contributed by atoms with Gasteiger partial charge in [0.2, 0.25) is 10.0 Å². The summed E-state index contributed by atoms with van der Waals surface area (Å²) in [5.41, 5.74) is 3.05. The highest BCUT2D eigenvalue weighted by Crippen LogP contribution is 2.35. The minimum atomic E-state index is -4.12. The highest BCUT2D eigenvalue weighted by atomic mass is 32.2. The molecule has 7 nitrogen and oxygen atoms in total. The molecule has 1 atom stereocenters. The molecular formula is C20H17N2O5S2-. The highest BCUT2D eigenvalue weighted by molar-refractivity contribution is 7.89. The molecule has 3 aromatic rings. The van der Waals surface area contributed by atoms with E-state index in [0.717, 1.165) is 33.2 Å². The number of anilines is 2. The van der Waals surface area contributed by atoms with Gasteiger partial charge >= 0.3 is 0 Å². The first-order valence-corrected chi connectivity index (χ1v) is 11.3. The molecule has 1 aliphatic heterocycles. The first-order valence-electron chi connectivity index (χ1n) is 8.72. The second-order valence-electron chi connectivity index (χ2n) is 6.50. The number of primary sulfonamides is 1. The number of nitrogens with two attached hydrogens (primary N) is 1. The van der Waals surface area contributed by atoms with Gasteiger partial charge in [0.15, 0.2) is 0 Å². The maximum absolute atomic E-state index is 12.1. The number of fused-ring (bicyclic) bond motifs is 1. The lowest BCUT2D eigenvalue weighted by Gasteiger charge is -2.28. The minimum Gasteiger partial charge on any atom is -0.755 e. The molecule has 29 heavy (non-hydrogen) atoms. The van der Waals surface area contributed by atoms with E-state index < -0.39 is 21.3 Å². The molecule has 0 amide bonds. The van der Waals surface area contributed by atoms with Gasteiger partial charge in [-0.15, -0.1) is 0 Å². The minimum absolute atomic E-state index is 0.0390. The van der Waals surface area contributed by atoms with Crippen LogP contribution in [0.4, 0.5) is 11.4 Å². The zero-order valence-electron chi connectivity index (χ0n) is 15.1. The van der Waals surface area contributed by atoms with Crippen molar-refractivity contribution in [3.8, 4) is 16.9 Å². The number of nitrogens with zero attached hydrogens (tertiary/aromatic N) is 1. The van der Waals surface area contributed by atoms with Crippen LogP contribution in [0.25, 0.3) is 11.1 Å². The van der Waals surface area contributed by atoms with Gasteiger partial charge < -0.3 is 9.29 Å². The molecule has 0 saturated carbocycles. The van der Waals surface area contributed by atoms with Crippen molar-refractivity contribution in [3.05, 3.63) is 72.3 Å². The topological polar surface area (TPSA) is 113 Å². The van der Waals surface area contributed by atoms with Crippen LogP contribution in [0.15, 0.2) is 71.6 Å². The number of hydrogen-bond donors (Lipinski definition) is 1. The van der Waals surface area contributed by atoms with Crippen molar-refractivity contribution < 1.29 is 21.9 Å². The van der Waals surface area contributed by atoms with Gasteiger partial charge in [-0.2, -0.15) is 0 Å². The van der Waals surface area contributed by atoms with E-state index in [1.807, 2.05) is 24.3 Å². The first kappa shape index (κ1) is 19.6. The Morgan fingerprint density at radius 3 is 2.52 bits per heavy atom. The Bertz CT molecular complexity index is 1210. The summed E-state index contributed by atoms with van der Waals surface area (Å²) in [7, 11) is -4.12. The fourth-order valence-corrected chi connectivity index (χ4v) is 4.73. The van der Waals surface area contributed by atoms with Gasteiger partial charge in [-0.05, 0) is 53.1 Å². The van der Waals surface area contributed by atoms with Crippen LogP contribution in [0.3, 0.4) is 0 Å². The Balaban J connectivity index is 1.81. The van der Waals surface area contributed by atoms with Crippen molar-refractivity contribution in [2.75, 3.05) is 10.9 Å². The number of rotatable bonds is 5. The van der Waals surface area contributed by atoms with Crippen molar-refractivity contribution in [2.45, 2.75) is 11.3 Å². The molecule has 9 heteroatoms. The summed E-state index contributed by atoms with van der Waals surface area (Å²) in [6.45, 7) is 0.645. The van der Waals surface area contributed by atoms with Gasteiger partial charge in [-0.1, -0.05) is 30.3 Å². The molecule has 0 bridgehead atoms. The second kappa shape index (κ2) is 7.60. The average molecular weight is 429 g/mol. The molecule has 0 aromatic heterocycles. The van der Waals surface area contributed by atoms with Gasteiger partial charge in [0.05, 0.1) is 29.2 Å². The van der Waals surface area contributed by atoms with Crippen LogP contribution in [0, 0.1) is 0 Å². The van der Waals surface area contributed by atoms with Gasteiger partial charge in [-0.3, -0.25) is 8.51 Å². The second-order valence-corrected chi connectivity index (χ2v) is 8.82. The van der Waals surface area contributed by atoms with Crippen molar-refractivity contribution in [3.63, 3.8) is 0 Å². The molecule has 0 spiro atoms. The van der Waals surface area contributed by atoms with Crippen LogP contribution in [-0.2, 0) is 27.7 Å². The lowest BCUT2D eigenvalue weighted by molar-refractivity contribution is 0.357. The van der Waals surface area contributed by atoms with E-state index in [0.29, 0.717) is 12.3 Å². The lowest BCUT2D eigenvalue weighted by Crippen LogP contribution is -2.23. The molecule has 4 rings (SSSR count). The van der Waals surface area contributed by atoms with Crippen molar-refractivity contribution in [2.24, 2.45) is 5.14 Å². The van der Waals surface area contributed by atoms with Gasteiger partial charge in [0, 0.05) is 6.42 Å². The van der Waals surface area contributed by atoms with Crippen LogP contribution >= 0.6 is 0 Å². The molecule has 1 heterocycles. The number of ether oxygens (including phenoxy) is 1. The first-order chi connectivity index (χ1) is 13.8. The van der Waals surface area contributed by atoms with E-state index in [4.69, 9.17) is 9.88 Å². The Kier molecular flexibility index (Phi) is 5.13. The highest BCUT2D eigenvalue weighted by Gasteiger charge is 2.21. The summed E-state index contributed by atoms with van der Waals surface area (Å²) in [4.78, 5) is -0.274. The molecule has 0 aliphatic carbocycles. The largest absolute Gasteiger partial charge is 0.755 e. The smallest absolute Gasteiger partial charge is 0.240 e. The number of hydrogen-bond acceptors (Lipinski definition) is 5. The zero-order chi connectivity index (χ0) is 20.6. The Hall–Kier alpha value is -2.72. The van der Waals surface area contributed by atoms with E-state index in [1.54, 1.807) is 24.3 Å². The number of benzene rings is 3. The summed E-state index contributed by atoms with van der Waals surface area (Å²) < 4.78 is 54.4. The molecule has 150 valence electrons. The summed E-state index contributed by atoms with van der Waals surface area (Å²) in [6, 6.07) is 18.4. The standard InChI is InChI=1S/C20H18N2O5S2/c21-29(25,26)20-7-2-1-6-18(20)22(28(23)24)17-5-3-4-14(13-17)15-8-9-19-16(12-15)10-11-27-19/h1-9,12-13H,10-11H2,(H,23,24)(H2,21,25,26)/p-1. The normalized spacial score (nSPS) is 14.1. The fraction of sp³-hybridized carbons (Fsp3) is 0.100. The molecule has 2 N–H and O–H groups in total. The van der Waals surface area contributed by atoms with E-state index in [9.17, 15) is 17.2 Å². The van der Waals surface area contributed by atoms with Gasteiger partial charge in [0.25, 0.3) is 0 Å². The fourth-order valence-electron chi connectivity index (χ4n) is 3.35. The van der Waals surface area contributed by atoms with Crippen molar-refractivity contribution in [1.82, 2.24) is 0 Å². The molecule has 3 aromatic carbocycles. The quantitative estimate of drug-likeness (QED) is 0.627. The van der Waals surface area contributed by atoms with E-state index in [-0.39, 0.29) is 10.6 Å². The number of sulfonamides is 1. The molecule has 0 radical (unpaired) electrons. The summed E-state index contributed by atoms with van der Waals surface area (Å²) in [5.74, 6) is 0.856. The maximum Gasteiger partial charge on any atom is 0.240 e. The van der Waals surface area contributed by atoms with E-state index >= 15 is 0 Å². The maximum atomic E-state index is 12.1. The number of para-hydroxylation sites is 1. The average Bonchev–Trinajstić information content (AvgIpc) is 3.15. The summed E-state index contributed by atoms with van der Waals surface area (Å²) in [5, 5.41) is 5.28. The van der Waals surface area contributed by atoms with Crippen LogP contribution in [0.2, 0.25) is 0 Å². The predicted octanol–water partition coefficient (Wildman–Crippen LogP) is 2.87. The van der Waals surface area contributed by atoms with Crippen LogP contribution in [-0.4, -0.2) is 23.8 Å². The Morgan fingerprint density at radius 1 is 1.00 bits per heavy atom. The van der Waals surface area contributed by atoms with Gasteiger partial charge in [-0.25, -0.2) is 13.6 Å². The van der Waals surface area contributed by atoms with E-state index in [2.05, 4.69) is 0 Å². The van der Waals surface area contributed by atoms with Crippen LogP contribution in [0.1, 0.15) is 5.56 Å². The molecule has 0 fully saturated rings. The SMILES string of the molecule is NS(=O)(=O)c1ccccc1N(c1cccc(-c2ccc3c(c2)CCO3)c1)S(=O)[O-]. The van der Waals surface area contributed by atoms with Crippen molar-refractivity contribution in [1.29, 1.82) is 0 Å². The van der Waals surface area contributed by atoms with E-state index in [1.165, 1.54) is 18.2 Å². The third-order valence-electron chi connectivity index (χ3n) is 4.64. The summed E-state index contributed by atoms with van der Waals surface area (Å²) in [6.07, 6.45) is 0.821. The Labute approximate surface area is 171 Å². The third-order valence-corrected chi connectivity index (χ3v) is 6.31. The van der Waals surface area contributed by atoms with Gasteiger partial charge in [0.1, 0.15) is 10.6 Å². The summed E-state index contributed by atoms with van der Waals surface area (Å²) >= 11 is -2.77. The lowest BCUT2D eigenvalue weighted by atomic mass is 10.0. The molecule has 1 aliphatic rings. The third kappa shape index (κ3) is 3.90.